The van der Waals surface area contributed by atoms with Gasteiger partial charge in [-0.05, 0) is 32.1 Å². The normalized spacial score (nSPS) is 10.8. The molecule has 0 aliphatic carbocycles. The smallest absolute Gasteiger partial charge is 0.319 e. The number of likely N-dealkylation sites (N-methyl/N-ethyl adjacent to an activating group) is 1. The summed E-state index contributed by atoms with van der Waals surface area (Å²) in [6, 6.07) is 0. The van der Waals surface area contributed by atoms with Crippen molar-refractivity contribution < 1.29 is 14.3 Å². The van der Waals surface area contributed by atoms with E-state index >= 15 is 0 Å². The average molecular weight is 347 g/mol. The SMILES string of the molecule is COC(=O)CN(C)CCCNC(=O)CCCCCCCCCS. The third-order valence-corrected chi connectivity index (χ3v) is 4.04. The first-order chi connectivity index (χ1) is 11.1. The summed E-state index contributed by atoms with van der Waals surface area (Å²) in [4.78, 5) is 24.6. The lowest BCUT2D eigenvalue weighted by molar-refractivity contribution is -0.141. The van der Waals surface area contributed by atoms with E-state index in [1.807, 2.05) is 11.9 Å². The van der Waals surface area contributed by atoms with Gasteiger partial charge in [0.15, 0.2) is 0 Å². The molecule has 1 N–H and O–H groups in total. The molecule has 0 heterocycles. The predicted octanol–water partition coefficient (Wildman–Crippen LogP) is 2.65. The lowest BCUT2D eigenvalue weighted by Gasteiger charge is -2.14. The van der Waals surface area contributed by atoms with Crippen LogP contribution in [0, 0.1) is 0 Å². The Morgan fingerprint density at radius 1 is 1.00 bits per heavy atom. The summed E-state index contributed by atoms with van der Waals surface area (Å²) in [7, 11) is 3.26. The van der Waals surface area contributed by atoms with Gasteiger partial charge in [0, 0.05) is 19.5 Å². The second kappa shape index (κ2) is 16.1. The standard InChI is InChI=1S/C17H34N2O3S/c1-19(15-17(21)22-2)13-10-12-18-16(20)11-8-6-4-3-5-7-9-14-23/h23H,3-15H2,1-2H3,(H,18,20). The number of rotatable bonds is 15. The molecule has 0 aromatic carbocycles. The maximum Gasteiger partial charge on any atom is 0.319 e. The lowest BCUT2D eigenvalue weighted by Crippen LogP contribution is -2.31. The molecule has 6 heteroatoms. The molecule has 0 spiro atoms. The van der Waals surface area contributed by atoms with Crippen LogP contribution in [0.5, 0.6) is 0 Å². The van der Waals surface area contributed by atoms with Gasteiger partial charge >= 0.3 is 5.97 Å². The summed E-state index contributed by atoms with van der Waals surface area (Å²) in [6.07, 6.45) is 9.82. The van der Waals surface area contributed by atoms with E-state index in [1.54, 1.807) is 0 Å². The number of carbonyl (C=O) groups is 2. The van der Waals surface area contributed by atoms with E-state index in [0.29, 0.717) is 19.5 Å². The van der Waals surface area contributed by atoms with Gasteiger partial charge in [-0.25, -0.2) is 0 Å². The quantitative estimate of drug-likeness (QED) is 0.272. The van der Waals surface area contributed by atoms with Crippen LogP contribution in [0.25, 0.3) is 0 Å². The Hall–Kier alpha value is -0.750. The van der Waals surface area contributed by atoms with Crippen molar-refractivity contribution in [3.63, 3.8) is 0 Å². The molecule has 23 heavy (non-hydrogen) atoms. The molecule has 0 saturated carbocycles. The molecular formula is C17H34N2O3S. The highest BCUT2D eigenvalue weighted by Gasteiger charge is 2.06. The van der Waals surface area contributed by atoms with Crippen LogP contribution in [0.1, 0.15) is 57.8 Å². The molecule has 0 radical (unpaired) electrons. The van der Waals surface area contributed by atoms with Gasteiger partial charge in [0.1, 0.15) is 0 Å². The van der Waals surface area contributed by atoms with Gasteiger partial charge in [-0.3, -0.25) is 14.5 Å². The van der Waals surface area contributed by atoms with Gasteiger partial charge in [-0.1, -0.05) is 32.1 Å². The van der Waals surface area contributed by atoms with Crippen molar-refractivity contribution in [3.05, 3.63) is 0 Å². The zero-order valence-electron chi connectivity index (χ0n) is 14.8. The Morgan fingerprint density at radius 3 is 2.22 bits per heavy atom. The predicted molar refractivity (Wildman–Crippen MR) is 97.9 cm³/mol. The summed E-state index contributed by atoms with van der Waals surface area (Å²) in [5, 5.41) is 2.93. The first-order valence-corrected chi connectivity index (χ1v) is 9.36. The number of unbranched alkanes of at least 4 members (excludes halogenated alkanes) is 6. The van der Waals surface area contributed by atoms with Crippen molar-refractivity contribution in [2.24, 2.45) is 0 Å². The molecule has 0 aromatic rings. The van der Waals surface area contributed by atoms with E-state index in [4.69, 9.17) is 0 Å². The van der Waals surface area contributed by atoms with E-state index in [2.05, 4.69) is 22.7 Å². The Kier molecular flexibility index (Phi) is 15.6. The lowest BCUT2D eigenvalue weighted by atomic mass is 10.1. The molecule has 0 aliphatic rings. The van der Waals surface area contributed by atoms with Gasteiger partial charge in [0.25, 0.3) is 0 Å². The summed E-state index contributed by atoms with van der Waals surface area (Å²) in [6.45, 7) is 1.72. The number of methoxy groups -OCH3 is 1. The molecule has 0 atom stereocenters. The maximum absolute atomic E-state index is 11.7. The van der Waals surface area contributed by atoms with Gasteiger partial charge < -0.3 is 10.1 Å². The first-order valence-electron chi connectivity index (χ1n) is 8.73. The number of esters is 1. The molecule has 0 unspecified atom stereocenters. The Morgan fingerprint density at radius 2 is 1.61 bits per heavy atom. The topological polar surface area (TPSA) is 58.6 Å². The van der Waals surface area contributed by atoms with Crippen molar-refractivity contribution >= 4 is 24.5 Å². The minimum absolute atomic E-state index is 0.135. The van der Waals surface area contributed by atoms with Crippen molar-refractivity contribution in [2.45, 2.75) is 57.8 Å². The van der Waals surface area contributed by atoms with E-state index in [-0.39, 0.29) is 11.9 Å². The molecule has 136 valence electrons. The second-order valence-corrected chi connectivity index (χ2v) is 6.41. The minimum atomic E-state index is -0.234. The molecule has 0 rings (SSSR count). The minimum Gasteiger partial charge on any atom is -0.468 e. The molecule has 0 aliphatic heterocycles. The second-order valence-electron chi connectivity index (χ2n) is 5.97. The van der Waals surface area contributed by atoms with E-state index in [9.17, 15) is 9.59 Å². The van der Waals surface area contributed by atoms with Crippen LogP contribution in [0.3, 0.4) is 0 Å². The molecule has 5 nitrogen and oxygen atoms in total. The fraction of sp³-hybridized carbons (Fsp3) is 0.882. The number of nitrogens with one attached hydrogen (secondary N) is 1. The van der Waals surface area contributed by atoms with Crippen molar-refractivity contribution in [2.75, 3.05) is 39.5 Å². The number of amides is 1. The van der Waals surface area contributed by atoms with E-state index < -0.39 is 0 Å². The van der Waals surface area contributed by atoms with Gasteiger partial charge in [0.2, 0.25) is 5.91 Å². The summed E-state index contributed by atoms with van der Waals surface area (Å²) < 4.78 is 4.60. The summed E-state index contributed by atoms with van der Waals surface area (Å²) >= 11 is 4.20. The van der Waals surface area contributed by atoms with Crippen LogP contribution in [0.4, 0.5) is 0 Å². The Balaban J connectivity index is 3.35. The number of hydrogen-bond donors (Lipinski definition) is 2. The highest BCUT2D eigenvalue weighted by molar-refractivity contribution is 7.80. The van der Waals surface area contributed by atoms with Crippen LogP contribution in [0.2, 0.25) is 0 Å². The summed E-state index contributed by atoms with van der Waals surface area (Å²) in [5.74, 6) is 0.886. The van der Waals surface area contributed by atoms with Gasteiger partial charge in [-0.15, -0.1) is 0 Å². The number of hydrogen-bond acceptors (Lipinski definition) is 5. The largest absolute Gasteiger partial charge is 0.468 e. The van der Waals surface area contributed by atoms with Crippen LogP contribution in [-0.2, 0) is 14.3 Å². The number of thiol groups is 1. The van der Waals surface area contributed by atoms with E-state index in [0.717, 1.165) is 31.6 Å². The van der Waals surface area contributed by atoms with E-state index in [1.165, 1.54) is 39.2 Å². The third kappa shape index (κ3) is 15.9. The van der Waals surface area contributed by atoms with Crippen molar-refractivity contribution in [1.29, 1.82) is 0 Å². The molecule has 0 aromatic heterocycles. The average Bonchev–Trinajstić information content (AvgIpc) is 2.54. The third-order valence-electron chi connectivity index (χ3n) is 3.73. The van der Waals surface area contributed by atoms with Crippen LogP contribution in [0.15, 0.2) is 0 Å². The number of ether oxygens (including phenoxy) is 1. The molecule has 1 amide bonds. The Bertz CT molecular complexity index is 314. The molecule has 0 bridgehead atoms. The van der Waals surface area contributed by atoms with Gasteiger partial charge in [-0.2, -0.15) is 12.6 Å². The zero-order chi connectivity index (χ0) is 17.3. The maximum atomic E-state index is 11.7. The van der Waals surface area contributed by atoms with Crippen LogP contribution < -0.4 is 5.32 Å². The monoisotopic (exact) mass is 346 g/mol. The number of carbonyl (C=O) groups excluding carboxylic acids is 2. The highest BCUT2D eigenvalue weighted by Crippen LogP contribution is 2.08. The fourth-order valence-electron chi connectivity index (χ4n) is 2.31. The summed E-state index contributed by atoms with van der Waals surface area (Å²) in [5.41, 5.74) is 0. The Labute approximate surface area is 146 Å². The first kappa shape index (κ1) is 22.2. The fourth-order valence-corrected chi connectivity index (χ4v) is 2.53. The van der Waals surface area contributed by atoms with Crippen molar-refractivity contribution in [1.82, 2.24) is 10.2 Å². The van der Waals surface area contributed by atoms with Crippen LogP contribution >= 0.6 is 12.6 Å². The molecular weight excluding hydrogens is 312 g/mol. The number of nitrogens with zero attached hydrogens (tertiary/aromatic N) is 1. The molecule has 0 fully saturated rings. The zero-order valence-corrected chi connectivity index (χ0v) is 15.7. The molecule has 0 saturated heterocycles. The highest BCUT2D eigenvalue weighted by atomic mass is 32.1. The van der Waals surface area contributed by atoms with Gasteiger partial charge in [0.05, 0.1) is 13.7 Å². The van der Waals surface area contributed by atoms with Crippen LogP contribution in [-0.4, -0.2) is 56.3 Å². The van der Waals surface area contributed by atoms with Crippen molar-refractivity contribution in [3.8, 4) is 0 Å².